The Hall–Kier alpha value is -1.84. The number of amides is 1. The number of aliphatic carboxylic acids is 1. The number of fused-ring (bicyclic) bond motifs is 1. The minimum atomic E-state index is -1.09. The fraction of sp³-hybridized carbons (Fsp3) is 0.500. The Morgan fingerprint density at radius 1 is 1.40 bits per heavy atom. The summed E-state index contributed by atoms with van der Waals surface area (Å²) in [4.78, 5) is 22.6. The van der Waals surface area contributed by atoms with Gasteiger partial charge in [0.15, 0.2) is 0 Å². The van der Waals surface area contributed by atoms with Crippen molar-refractivity contribution >= 4 is 11.9 Å². The van der Waals surface area contributed by atoms with Crippen molar-refractivity contribution in [2.45, 2.75) is 38.5 Å². The van der Waals surface area contributed by atoms with Crippen molar-refractivity contribution in [1.82, 2.24) is 5.32 Å². The molecule has 0 spiro atoms. The molecule has 2 unspecified atom stereocenters. The van der Waals surface area contributed by atoms with Crippen LogP contribution in [0.2, 0.25) is 0 Å². The number of carbonyl (C=O) groups is 2. The van der Waals surface area contributed by atoms with E-state index in [4.69, 9.17) is 5.11 Å². The second-order valence-electron chi connectivity index (χ2n) is 5.85. The van der Waals surface area contributed by atoms with E-state index < -0.39 is 17.8 Å². The minimum absolute atomic E-state index is 0.108. The van der Waals surface area contributed by atoms with Gasteiger partial charge in [-0.25, -0.2) is 0 Å². The summed E-state index contributed by atoms with van der Waals surface area (Å²) in [5.41, 5.74) is 2.50. The molecule has 0 fully saturated rings. The quantitative estimate of drug-likeness (QED) is 0.827. The van der Waals surface area contributed by atoms with Crippen LogP contribution in [-0.4, -0.2) is 23.5 Å². The summed E-state index contributed by atoms with van der Waals surface area (Å²) in [6, 6.07) is 8.30. The molecule has 1 aromatic carbocycles. The molecule has 2 rings (SSSR count). The van der Waals surface area contributed by atoms with Gasteiger partial charge in [0.1, 0.15) is 5.92 Å². The van der Waals surface area contributed by atoms with E-state index in [9.17, 15) is 9.59 Å². The van der Waals surface area contributed by atoms with E-state index in [0.29, 0.717) is 6.54 Å². The first-order valence-corrected chi connectivity index (χ1v) is 7.03. The largest absolute Gasteiger partial charge is 0.481 e. The van der Waals surface area contributed by atoms with Gasteiger partial charge in [-0.2, -0.15) is 0 Å². The number of benzene rings is 1. The van der Waals surface area contributed by atoms with Crippen LogP contribution < -0.4 is 5.32 Å². The molecule has 0 saturated heterocycles. The SMILES string of the molecule is CC(C(=O)O)C(=O)NCC1(C)CCCc2ccccc21. The van der Waals surface area contributed by atoms with Crippen molar-refractivity contribution < 1.29 is 14.7 Å². The van der Waals surface area contributed by atoms with Crippen molar-refractivity contribution in [2.24, 2.45) is 5.92 Å². The highest BCUT2D eigenvalue weighted by molar-refractivity contribution is 5.96. The Morgan fingerprint density at radius 2 is 2.10 bits per heavy atom. The average Bonchev–Trinajstić information content (AvgIpc) is 2.44. The minimum Gasteiger partial charge on any atom is -0.481 e. The zero-order valence-electron chi connectivity index (χ0n) is 12.0. The number of carboxylic acid groups (broad SMARTS) is 1. The Kier molecular flexibility index (Phi) is 4.12. The Bertz CT molecular complexity index is 526. The first-order valence-electron chi connectivity index (χ1n) is 7.03. The molecule has 0 aromatic heterocycles. The van der Waals surface area contributed by atoms with Crippen LogP contribution in [0.15, 0.2) is 24.3 Å². The van der Waals surface area contributed by atoms with Gasteiger partial charge in [-0.05, 0) is 37.3 Å². The maximum absolute atomic E-state index is 11.8. The van der Waals surface area contributed by atoms with E-state index in [1.54, 1.807) is 0 Å². The highest BCUT2D eigenvalue weighted by atomic mass is 16.4. The van der Waals surface area contributed by atoms with Gasteiger partial charge >= 0.3 is 5.97 Å². The second-order valence-corrected chi connectivity index (χ2v) is 5.85. The Balaban J connectivity index is 2.10. The predicted molar refractivity (Wildman–Crippen MR) is 76.5 cm³/mol. The number of hydrogen-bond donors (Lipinski definition) is 2. The summed E-state index contributed by atoms with van der Waals surface area (Å²) in [5, 5.41) is 11.6. The van der Waals surface area contributed by atoms with Gasteiger partial charge in [-0.3, -0.25) is 9.59 Å². The first-order chi connectivity index (χ1) is 9.44. The van der Waals surface area contributed by atoms with E-state index in [2.05, 4.69) is 24.4 Å². The van der Waals surface area contributed by atoms with Crippen molar-refractivity contribution in [3.8, 4) is 0 Å². The maximum Gasteiger partial charge on any atom is 0.315 e. The van der Waals surface area contributed by atoms with Crippen LogP contribution in [0.25, 0.3) is 0 Å². The zero-order valence-corrected chi connectivity index (χ0v) is 12.0. The molecule has 0 aliphatic heterocycles. The Morgan fingerprint density at radius 3 is 2.80 bits per heavy atom. The fourth-order valence-corrected chi connectivity index (χ4v) is 2.86. The molecule has 4 nitrogen and oxygen atoms in total. The van der Waals surface area contributed by atoms with Crippen LogP contribution in [0, 0.1) is 5.92 Å². The van der Waals surface area contributed by atoms with Crippen LogP contribution in [-0.2, 0) is 21.4 Å². The summed E-state index contributed by atoms with van der Waals surface area (Å²) < 4.78 is 0. The van der Waals surface area contributed by atoms with Gasteiger partial charge in [-0.1, -0.05) is 31.2 Å². The molecule has 0 bridgehead atoms. The van der Waals surface area contributed by atoms with Crippen LogP contribution >= 0.6 is 0 Å². The van der Waals surface area contributed by atoms with Gasteiger partial charge < -0.3 is 10.4 Å². The van der Waals surface area contributed by atoms with E-state index in [-0.39, 0.29) is 5.41 Å². The molecule has 1 aliphatic rings. The van der Waals surface area contributed by atoms with Gasteiger partial charge in [-0.15, -0.1) is 0 Å². The van der Waals surface area contributed by atoms with Gasteiger partial charge in [0.2, 0.25) is 5.91 Å². The van der Waals surface area contributed by atoms with Crippen LogP contribution in [0.1, 0.15) is 37.8 Å². The molecule has 1 aromatic rings. The molecule has 1 aliphatic carbocycles. The molecule has 2 N–H and O–H groups in total. The normalized spacial score (nSPS) is 22.7. The first kappa shape index (κ1) is 14.6. The van der Waals surface area contributed by atoms with Crippen LogP contribution in [0.5, 0.6) is 0 Å². The molecule has 0 radical (unpaired) electrons. The lowest BCUT2D eigenvalue weighted by Gasteiger charge is -2.36. The van der Waals surface area contributed by atoms with Crippen molar-refractivity contribution in [3.63, 3.8) is 0 Å². The van der Waals surface area contributed by atoms with Crippen molar-refractivity contribution in [3.05, 3.63) is 35.4 Å². The highest BCUT2D eigenvalue weighted by Crippen LogP contribution is 2.36. The standard InChI is InChI=1S/C16H21NO3/c1-11(15(19)20)14(18)17-10-16(2)9-5-7-12-6-3-4-8-13(12)16/h3-4,6,8,11H,5,7,9-10H2,1-2H3,(H,17,18)(H,19,20). The molecule has 20 heavy (non-hydrogen) atoms. The van der Waals surface area contributed by atoms with Crippen LogP contribution in [0.3, 0.4) is 0 Å². The number of hydrogen-bond acceptors (Lipinski definition) is 2. The zero-order chi connectivity index (χ0) is 14.8. The summed E-state index contributed by atoms with van der Waals surface area (Å²) in [5.74, 6) is -2.50. The lowest BCUT2D eigenvalue weighted by molar-refractivity contribution is -0.146. The van der Waals surface area contributed by atoms with E-state index >= 15 is 0 Å². The maximum atomic E-state index is 11.8. The fourth-order valence-electron chi connectivity index (χ4n) is 2.86. The smallest absolute Gasteiger partial charge is 0.315 e. The summed E-state index contributed by atoms with van der Waals surface area (Å²) >= 11 is 0. The molecule has 0 saturated carbocycles. The number of aryl methyl sites for hydroxylation is 1. The topological polar surface area (TPSA) is 66.4 Å². The van der Waals surface area contributed by atoms with E-state index in [1.807, 2.05) is 12.1 Å². The predicted octanol–water partition coefficient (Wildman–Crippen LogP) is 2.12. The highest BCUT2D eigenvalue weighted by Gasteiger charge is 2.33. The third-order valence-corrected chi connectivity index (χ3v) is 4.26. The molecule has 0 heterocycles. The van der Waals surface area contributed by atoms with Crippen molar-refractivity contribution in [2.75, 3.05) is 6.54 Å². The van der Waals surface area contributed by atoms with Gasteiger partial charge in [0, 0.05) is 12.0 Å². The molecule has 4 heteroatoms. The monoisotopic (exact) mass is 275 g/mol. The number of rotatable bonds is 4. The summed E-state index contributed by atoms with van der Waals surface area (Å²) in [6.07, 6.45) is 3.18. The molecule has 2 atom stereocenters. The molecular weight excluding hydrogens is 254 g/mol. The second kappa shape index (κ2) is 5.65. The average molecular weight is 275 g/mol. The summed E-state index contributed by atoms with van der Waals surface area (Å²) in [6.45, 7) is 4.03. The lowest BCUT2D eigenvalue weighted by atomic mass is 9.71. The van der Waals surface area contributed by atoms with Gasteiger partial charge in [0.25, 0.3) is 0 Å². The molecule has 1 amide bonds. The lowest BCUT2D eigenvalue weighted by Crippen LogP contribution is -2.43. The van der Waals surface area contributed by atoms with Gasteiger partial charge in [0.05, 0.1) is 0 Å². The Labute approximate surface area is 119 Å². The van der Waals surface area contributed by atoms with Crippen LogP contribution in [0.4, 0.5) is 0 Å². The third kappa shape index (κ3) is 2.84. The molecular formula is C16H21NO3. The number of carbonyl (C=O) groups excluding carboxylic acids is 1. The van der Waals surface area contributed by atoms with E-state index in [0.717, 1.165) is 19.3 Å². The number of nitrogens with one attached hydrogen (secondary N) is 1. The van der Waals surface area contributed by atoms with Crippen molar-refractivity contribution in [1.29, 1.82) is 0 Å². The third-order valence-electron chi connectivity index (χ3n) is 4.26. The molecule has 108 valence electrons. The van der Waals surface area contributed by atoms with E-state index in [1.165, 1.54) is 18.1 Å². The summed E-state index contributed by atoms with van der Waals surface area (Å²) in [7, 11) is 0. The number of carboxylic acids is 1.